The van der Waals surface area contributed by atoms with E-state index in [0.717, 1.165) is 51.1 Å². The highest BCUT2D eigenvalue weighted by Gasteiger charge is 1.95. The SMILES string of the molecule is CC(C)CCOCCOCCC(C)C. The first-order valence-electron chi connectivity index (χ1n) is 5.78. The predicted octanol–water partition coefficient (Wildman–Crippen LogP) is 3.11. The second kappa shape index (κ2) is 9.47. The van der Waals surface area contributed by atoms with Crippen LogP contribution in [0.25, 0.3) is 0 Å². The first-order chi connectivity index (χ1) is 6.63. The normalized spacial score (nSPS) is 11.6. The molecule has 0 aromatic carbocycles. The van der Waals surface area contributed by atoms with Gasteiger partial charge in [-0.05, 0) is 24.7 Å². The Labute approximate surface area is 89.0 Å². The van der Waals surface area contributed by atoms with Crippen LogP contribution in [0, 0.1) is 11.8 Å². The molecule has 0 saturated carbocycles. The molecule has 0 rings (SSSR count). The summed E-state index contributed by atoms with van der Waals surface area (Å²) in [7, 11) is 0. The third-order valence-corrected chi connectivity index (χ3v) is 2.05. The van der Waals surface area contributed by atoms with Crippen molar-refractivity contribution in [2.24, 2.45) is 11.8 Å². The topological polar surface area (TPSA) is 18.5 Å². The number of hydrogen-bond donors (Lipinski definition) is 0. The quantitative estimate of drug-likeness (QED) is 0.535. The van der Waals surface area contributed by atoms with Gasteiger partial charge in [0, 0.05) is 13.2 Å². The maximum Gasteiger partial charge on any atom is 0.0700 e. The molecule has 0 aliphatic rings. The maximum atomic E-state index is 5.43. The lowest BCUT2D eigenvalue weighted by Gasteiger charge is -2.08. The van der Waals surface area contributed by atoms with Gasteiger partial charge in [-0.3, -0.25) is 0 Å². The highest BCUT2D eigenvalue weighted by atomic mass is 16.5. The lowest BCUT2D eigenvalue weighted by molar-refractivity contribution is 0.0405. The summed E-state index contributed by atoms with van der Waals surface area (Å²) in [6.45, 7) is 12.1. The zero-order valence-corrected chi connectivity index (χ0v) is 10.2. The Balaban J connectivity index is 2.92. The smallest absolute Gasteiger partial charge is 0.0700 e. The molecule has 0 aliphatic carbocycles. The molecule has 0 fully saturated rings. The van der Waals surface area contributed by atoms with Gasteiger partial charge in [0.1, 0.15) is 0 Å². The summed E-state index contributed by atoms with van der Waals surface area (Å²) in [4.78, 5) is 0. The van der Waals surface area contributed by atoms with Crippen molar-refractivity contribution < 1.29 is 9.47 Å². The van der Waals surface area contributed by atoms with Crippen LogP contribution in [0.1, 0.15) is 40.5 Å². The van der Waals surface area contributed by atoms with E-state index in [1.807, 2.05) is 0 Å². The molecule has 0 amide bonds. The van der Waals surface area contributed by atoms with E-state index in [1.165, 1.54) is 0 Å². The van der Waals surface area contributed by atoms with Gasteiger partial charge in [0.25, 0.3) is 0 Å². The van der Waals surface area contributed by atoms with Crippen LogP contribution in [0.5, 0.6) is 0 Å². The van der Waals surface area contributed by atoms with Crippen molar-refractivity contribution in [3.05, 3.63) is 0 Å². The van der Waals surface area contributed by atoms with E-state index < -0.39 is 0 Å². The molecule has 0 bridgehead atoms. The summed E-state index contributed by atoms with van der Waals surface area (Å²) < 4.78 is 10.9. The molecule has 0 aliphatic heterocycles. The Kier molecular flexibility index (Phi) is 9.42. The first kappa shape index (κ1) is 13.9. The fraction of sp³-hybridized carbons (Fsp3) is 1.00. The number of hydrogen-bond acceptors (Lipinski definition) is 2. The fourth-order valence-corrected chi connectivity index (χ4v) is 0.960. The summed E-state index contributed by atoms with van der Waals surface area (Å²) in [6.07, 6.45) is 2.29. The number of ether oxygens (including phenoxy) is 2. The molecule has 86 valence electrons. The summed E-state index contributed by atoms with van der Waals surface area (Å²) in [5.74, 6) is 1.47. The molecule has 0 spiro atoms. The molecule has 2 nitrogen and oxygen atoms in total. The van der Waals surface area contributed by atoms with Crippen molar-refractivity contribution in [3.8, 4) is 0 Å². The van der Waals surface area contributed by atoms with E-state index in [1.54, 1.807) is 0 Å². The lowest BCUT2D eigenvalue weighted by atomic mass is 10.1. The van der Waals surface area contributed by atoms with Crippen molar-refractivity contribution in [1.29, 1.82) is 0 Å². The van der Waals surface area contributed by atoms with E-state index >= 15 is 0 Å². The molecule has 0 unspecified atom stereocenters. The Bertz CT molecular complexity index is 96.9. The van der Waals surface area contributed by atoms with Gasteiger partial charge in [-0.25, -0.2) is 0 Å². The highest BCUT2D eigenvalue weighted by molar-refractivity contribution is 4.44. The molecule has 0 saturated heterocycles. The summed E-state index contributed by atoms with van der Waals surface area (Å²) >= 11 is 0. The average Bonchev–Trinajstić information content (AvgIpc) is 2.08. The van der Waals surface area contributed by atoms with Crippen molar-refractivity contribution >= 4 is 0 Å². The Hall–Kier alpha value is -0.0800. The van der Waals surface area contributed by atoms with Gasteiger partial charge >= 0.3 is 0 Å². The van der Waals surface area contributed by atoms with Crippen molar-refractivity contribution in [2.75, 3.05) is 26.4 Å². The molecule has 0 N–H and O–H groups in total. The van der Waals surface area contributed by atoms with E-state index in [9.17, 15) is 0 Å². The van der Waals surface area contributed by atoms with E-state index in [2.05, 4.69) is 27.7 Å². The van der Waals surface area contributed by atoms with Crippen molar-refractivity contribution in [3.63, 3.8) is 0 Å². The van der Waals surface area contributed by atoms with Crippen LogP contribution in [0.2, 0.25) is 0 Å². The van der Waals surface area contributed by atoms with Gasteiger partial charge in [0.15, 0.2) is 0 Å². The van der Waals surface area contributed by atoms with Gasteiger partial charge in [-0.2, -0.15) is 0 Å². The predicted molar refractivity (Wildman–Crippen MR) is 60.5 cm³/mol. The van der Waals surface area contributed by atoms with E-state index in [-0.39, 0.29) is 0 Å². The second-order valence-corrected chi connectivity index (χ2v) is 4.59. The summed E-state index contributed by atoms with van der Waals surface area (Å²) in [5.41, 5.74) is 0. The minimum absolute atomic E-state index is 0.733. The van der Waals surface area contributed by atoms with Gasteiger partial charge < -0.3 is 9.47 Å². The monoisotopic (exact) mass is 202 g/mol. The second-order valence-electron chi connectivity index (χ2n) is 4.59. The molecular formula is C12H26O2. The molecule has 14 heavy (non-hydrogen) atoms. The van der Waals surface area contributed by atoms with Crippen LogP contribution in [0.15, 0.2) is 0 Å². The van der Waals surface area contributed by atoms with Crippen LogP contribution in [-0.2, 0) is 9.47 Å². The Morgan fingerprint density at radius 3 is 1.29 bits per heavy atom. The molecule has 0 atom stereocenters. The van der Waals surface area contributed by atoms with Gasteiger partial charge in [-0.15, -0.1) is 0 Å². The third kappa shape index (κ3) is 11.9. The zero-order chi connectivity index (χ0) is 10.8. The minimum Gasteiger partial charge on any atom is -0.379 e. The van der Waals surface area contributed by atoms with Crippen molar-refractivity contribution in [1.82, 2.24) is 0 Å². The Morgan fingerprint density at radius 1 is 0.643 bits per heavy atom. The summed E-state index contributed by atoms with van der Waals surface area (Å²) in [5, 5.41) is 0. The van der Waals surface area contributed by atoms with Gasteiger partial charge in [-0.1, -0.05) is 27.7 Å². The maximum absolute atomic E-state index is 5.43. The minimum atomic E-state index is 0.733. The van der Waals surface area contributed by atoms with Gasteiger partial charge in [0.2, 0.25) is 0 Å². The van der Waals surface area contributed by atoms with E-state index in [4.69, 9.17) is 9.47 Å². The van der Waals surface area contributed by atoms with Gasteiger partial charge in [0.05, 0.1) is 13.2 Å². The molecule has 0 aromatic rings. The van der Waals surface area contributed by atoms with E-state index in [0.29, 0.717) is 0 Å². The zero-order valence-electron chi connectivity index (χ0n) is 10.2. The third-order valence-electron chi connectivity index (χ3n) is 2.05. The average molecular weight is 202 g/mol. The molecule has 0 aromatic heterocycles. The highest BCUT2D eigenvalue weighted by Crippen LogP contribution is 2.00. The lowest BCUT2D eigenvalue weighted by Crippen LogP contribution is -2.08. The van der Waals surface area contributed by atoms with Crippen LogP contribution >= 0.6 is 0 Å². The van der Waals surface area contributed by atoms with Crippen LogP contribution in [0.4, 0.5) is 0 Å². The fourth-order valence-electron chi connectivity index (χ4n) is 0.960. The van der Waals surface area contributed by atoms with Crippen LogP contribution in [-0.4, -0.2) is 26.4 Å². The van der Waals surface area contributed by atoms with Crippen LogP contribution in [0.3, 0.4) is 0 Å². The Morgan fingerprint density at radius 2 is 1.00 bits per heavy atom. The standard InChI is InChI=1S/C12H26O2/c1-11(2)5-7-13-9-10-14-8-6-12(3)4/h11-12H,5-10H2,1-4H3. The molecular weight excluding hydrogens is 176 g/mol. The van der Waals surface area contributed by atoms with Crippen LogP contribution < -0.4 is 0 Å². The largest absolute Gasteiger partial charge is 0.379 e. The summed E-state index contributed by atoms with van der Waals surface area (Å²) in [6, 6.07) is 0. The molecule has 2 heteroatoms. The first-order valence-corrected chi connectivity index (χ1v) is 5.78. The van der Waals surface area contributed by atoms with Crippen molar-refractivity contribution in [2.45, 2.75) is 40.5 Å². The number of rotatable bonds is 9. The molecule has 0 heterocycles. The molecule has 0 radical (unpaired) electrons.